The van der Waals surface area contributed by atoms with Crippen molar-refractivity contribution in [1.82, 2.24) is 0 Å². The first-order chi connectivity index (χ1) is 9.70. The number of alkyl halides is 2. The number of ether oxygens (including phenoxy) is 1. The van der Waals surface area contributed by atoms with Gasteiger partial charge < -0.3 is 9.84 Å². The van der Waals surface area contributed by atoms with Crippen molar-refractivity contribution in [3.05, 3.63) is 35.4 Å². The first-order valence-corrected chi connectivity index (χ1v) is 6.88. The molecule has 5 heteroatoms. The Morgan fingerprint density at radius 3 is 2.19 bits per heavy atom. The van der Waals surface area contributed by atoms with E-state index in [0.29, 0.717) is 5.92 Å². The molecule has 0 aliphatic rings. The molecule has 0 aliphatic carbocycles. The highest BCUT2D eigenvalue weighted by Gasteiger charge is 2.46. The number of rotatable bonds is 6. The summed E-state index contributed by atoms with van der Waals surface area (Å²) in [6.45, 7) is 5.36. The molecule has 2 unspecified atom stereocenters. The van der Waals surface area contributed by atoms with Crippen LogP contribution in [-0.2, 0) is 21.6 Å². The van der Waals surface area contributed by atoms with Crippen molar-refractivity contribution >= 4 is 5.97 Å². The number of esters is 1. The fourth-order valence-corrected chi connectivity index (χ4v) is 2.33. The van der Waals surface area contributed by atoms with E-state index in [-0.39, 0.29) is 5.56 Å². The van der Waals surface area contributed by atoms with Gasteiger partial charge in [-0.2, -0.15) is 0 Å². The van der Waals surface area contributed by atoms with Crippen LogP contribution in [0.5, 0.6) is 0 Å². The molecule has 118 valence electrons. The van der Waals surface area contributed by atoms with Crippen LogP contribution in [0, 0.1) is 11.8 Å². The zero-order chi connectivity index (χ0) is 16.2. The van der Waals surface area contributed by atoms with Crippen molar-refractivity contribution in [1.29, 1.82) is 0 Å². The molecule has 0 saturated carbocycles. The molecule has 0 amide bonds. The Morgan fingerprint density at radius 2 is 1.81 bits per heavy atom. The zero-order valence-corrected chi connectivity index (χ0v) is 12.8. The number of hydrogen-bond acceptors (Lipinski definition) is 3. The highest BCUT2D eigenvalue weighted by atomic mass is 19.3. The Bertz CT molecular complexity index is 467. The van der Waals surface area contributed by atoms with Crippen molar-refractivity contribution < 1.29 is 23.4 Å². The Labute approximate surface area is 123 Å². The number of carbonyl (C=O) groups excluding carboxylic acids is 1. The summed E-state index contributed by atoms with van der Waals surface area (Å²) in [6.07, 6.45) is -2.15. The Balaban J connectivity index is 3.07. The molecule has 1 aromatic rings. The molecule has 0 aromatic heterocycles. The maximum Gasteiger partial charge on any atom is 0.317 e. The quantitative estimate of drug-likeness (QED) is 0.821. The van der Waals surface area contributed by atoms with Crippen molar-refractivity contribution in [2.75, 3.05) is 7.11 Å². The minimum atomic E-state index is -3.01. The lowest BCUT2D eigenvalue weighted by Crippen LogP contribution is -2.42. The Hall–Kier alpha value is -1.49. The van der Waals surface area contributed by atoms with E-state index in [1.807, 2.05) is 0 Å². The third kappa shape index (κ3) is 4.24. The third-order valence-electron chi connectivity index (χ3n) is 3.50. The predicted molar refractivity (Wildman–Crippen MR) is 76.1 cm³/mol. The van der Waals surface area contributed by atoms with Gasteiger partial charge in [-0.3, -0.25) is 4.79 Å². The van der Waals surface area contributed by atoms with Gasteiger partial charge in [-0.05, 0) is 30.4 Å². The van der Waals surface area contributed by atoms with Gasteiger partial charge in [0.05, 0.1) is 7.11 Å². The van der Waals surface area contributed by atoms with Crippen LogP contribution in [0.4, 0.5) is 8.78 Å². The van der Waals surface area contributed by atoms with Crippen LogP contribution in [-0.4, -0.2) is 24.6 Å². The highest BCUT2D eigenvalue weighted by molar-refractivity contribution is 5.74. The molecule has 1 aromatic carbocycles. The van der Waals surface area contributed by atoms with E-state index in [9.17, 15) is 18.7 Å². The van der Waals surface area contributed by atoms with Crippen LogP contribution in [0.25, 0.3) is 0 Å². The maximum absolute atomic E-state index is 13.1. The molecule has 3 nitrogen and oxygen atoms in total. The van der Waals surface area contributed by atoms with Crippen molar-refractivity contribution in [3.8, 4) is 0 Å². The summed E-state index contributed by atoms with van der Waals surface area (Å²) in [4.78, 5) is 11.5. The average Bonchev–Trinajstić information content (AvgIpc) is 2.37. The molecule has 0 aliphatic heterocycles. The molecule has 2 atom stereocenters. The number of carbonyl (C=O) groups is 1. The van der Waals surface area contributed by atoms with E-state index >= 15 is 0 Å². The summed E-state index contributed by atoms with van der Waals surface area (Å²) in [5, 5.41) is 10.4. The number of aliphatic hydroxyl groups is 1. The third-order valence-corrected chi connectivity index (χ3v) is 3.50. The minimum absolute atomic E-state index is 0.269. The molecule has 0 bridgehead atoms. The summed E-state index contributed by atoms with van der Waals surface area (Å²) in [7, 11) is 1.03. The zero-order valence-electron chi connectivity index (χ0n) is 12.8. The van der Waals surface area contributed by atoms with Gasteiger partial charge in [0.2, 0.25) is 0 Å². The van der Waals surface area contributed by atoms with Gasteiger partial charge >= 0.3 is 5.97 Å². The average molecular weight is 300 g/mol. The van der Waals surface area contributed by atoms with E-state index in [1.54, 1.807) is 24.3 Å². The lowest BCUT2D eigenvalue weighted by Gasteiger charge is -2.31. The van der Waals surface area contributed by atoms with E-state index in [0.717, 1.165) is 19.1 Å². The van der Waals surface area contributed by atoms with Crippen LogP contribution in [0.15, 0.2) is 24.3 Å². The minimum Gasteiger partial charge on any atom is -0.469 e. The molecular weight excluding hydrogens is 278 g/mol. The monoisotopic (exact) mass is 300 g/mol. The molecule has 0 saturated heterocycles. The second-order valence-corrected chi connectivity index (χ2v) is 5.78. The fraction of sp³-hybridized carbons (Fsp3) is 0.562. The van der Waals surface area contributed by atoms with E-state index in [2.05, 4.69) is 18.6 Å². The van der Waals surface area contributed by atoms with Gasteiger partial charge in [0.1, 0.15) is 11.5 Å². The van der Waals surface area contributed by atoms with Gasteiger partial charge in [0.25, 0.3) is 6.43 Å². The number of halogens is 2. The van der Waals surface area contributed by atoms with Crippen LogP contribution >= 0.6 is 0 Å². The van der Waals surface area contributed by atoms with E-state index < -0.39 is 23.9 Å². The summed E-state index contributed by atoms with van der Waals surface area (Å²) < 4.78 is 30.6. The number of hydrogen-bond donors (Lipinski definition) is 1. The SMILES string of the molecule is COC(=O)C(C(F)F)C(C)(O)c1ccc(CC(C)C)cc1. The summed E-state index contributed by atoms with van der Waals surface area (Å²) >= 11 is 0. The lowest BCUT2D eigenvalue weighted by atomic mass is 9.82. The smallest absolute Gasteiger partial charge is 0.317 e. The van der Waals surface area contributed by atoms with Gasteiger partial charge in [-0.15, -0.1) is 0 Å². The van der Waals surface area contributed by atoms with Crippen molar-refractivity contribution in [3.63, 3.8) is 0 Å². The second-order valence-electron chi connectivity index (χ2n) is 5.78. The first kappa shape index (κ1) is 17.6. The summed E-state index contributed by atoms with van der Waals surface area (Å²) in [6, 6.07) is 6.72. The van der Waals surface area contributed by atoms with Crippen LogP contribution < -0.4 is 0 Å². The van der Waals surface area contributed by atoms with Crippen molar-refractivity contribution in [2.45, 2.75) is 39.2 Å². The maximum atomic E-state index is 13.1. The largest absolute Gasteiger partial charge is 0.469 e. The molecular formula is C16H22F2O3. The summed E-state index contributed by atoms with van der Waals surface area (Å²) in [5.41, 5.74) is -0.667. The standard InChI is InChI=1S/C16H22F2O3/c1-10(2)9-11-5-7-12(8-6-11)16(3,20)13(14(17)18)15(19)21-4/h5-8,10,13-14,20H,9H2,1-4H3. The Morgan fingerprint density at radius 1 is 1.29 bits per heavy atom. The molecule has 21 heavy (non-hydrogen) atoms. The Kier molecular flexibility index (Phi) is 5.84. The van der Waals surface area contributed by atoms with E-state index in [1.165, 1.54) is 6.92 Å². The number of benzene rings is 1. The van der Waals surface area contributed by atoms with Crippen molar-refractivity contribution in [2.24, 2.45) is 11.8 Å². The van der Waals surface area contributed by atoms with E-state index in [4.69, 9.17) is 0 Å². The molecule has 0 radical (unpaired) electrons. The lowest BCUT2D eigenvalue weighted by molar-refractivity contribution is -0.167. The van der Waals surface area contributed by atoms with Crippen LogP contribution in [0.1, 0.15) is 31.9 Å². The van der Waals surface area contributed by atoms with Crippen LogP contribution in [0.2, 0.25) is 0 Å². The van der Waals surface area contributed by atoms with Gasteiger partial charge in [-0.25, -0.2) is 8.78 Å². The number of methoxy groups -OCH3 is 1. The topological polar surface area (TPSA) is 46.5 Å². The molecule has 0 heterocycles. The normalized spacial score (nSPS) is 15.9. The van der Waals surface area contributed by atoms with Crippen LogP contribution in [0.3, 0.4) is 0 Å². The molecule has 1 rings (SSSR count). The highest BCUT2D eigenvalue weighted by Crippen LogP contribution is 2.34. The second kappa shape index (κ2) is 6.98. The molecule has 0 fully saturated rings. The van der Waals surface area contributed by atoms with Gasteiger partial charge in [0.15, 0.2) is 0 Å². The van der Waals surface area contributed by atoms with Gasteiger partial charge in [0, 0.05) is 0 Å². The van der Waals surface area contributed by atoms with Gasteiger partial charge in [-0.1, -0.05) is 38.1 Å². The fourth-order valence-electron chi connectivity index (χ4n) is 2.33. The first-order valence-electron chi connectivity index (χ1n) is 6.88. The molecule has 1 N–H and O–H groups in total. The molecule has 0 spiro atoms. The summed E-state index contributed by atoms with van der Waals surface area (Å²) in [5.74, 6) is -2.57. The predicted octanol–water partition coefficient (Wildman–Crippen LogP) is 3.15.